The Morgan fingerprint density at radius 2 is 2.33 bits per heavy atom. The first-order chi connectivity index (χ1) is 8.20. The number of nitrogens with one attached hydrogen (secondary N) is 1. The molecule has 2 atom stereocenters. The summed E-state index contributed by atoms with van der Waals surface area (Å²) in [7, 11) is 3.97. The molecule has 2 unspecified atom stereocenters. The van der Waals surface area contributed by atoms with E-state index in [1.54, 1.807) is 0 Å². The van der Waals surface area contributed by atoms with Crippen molar-refractivity contribution in [1.82, 2.24) is 10.2 Å². The second-order valence-electron chi connectivity index (χ2n) is 4.76. The number of thiophene rings is 1. The predicted octanol–water partition coefficient (Wildman–Crippen LogP) is 2.82. The minimum atomic E-state index is 0. The average molecular weight is 379 g/mol. The summed E-state index contributed by atoms with van der Waals surface area (Å²) < 4.78 is 0. The predicted molar refractivity (Wildman–Crippen MR) is 90.1 cm³/mol. The van der Waals surface area contributed by atoms with Gasteiger partial charge in [0.1, 0.15) is 0 Å². The number of likely N-dealkylation sites (N-methyl/N-ethyl adjacent to an activating group) is 1. The second kappa shape index (κ2) is 7.33. The van der Waals surface area contributed by atoms with Gasteiger partial charge in [-0.2, -0.15) is 0 Å². The fourth-order valence-electron chi connectivity index (χ4n) is 1.87. The summed E-state index contributed by atoms with van der Waals surface area (Å²) in [4.78, 5) is 7.99. The van der Waals surface area contributed by atoms with Crippen LogP contribution in [0.5, 0.6) is 0 Å². The highest BCUT2D eigenvalue weighted by Crippen LogP contribution is 2.29. The minimum Gasteiger partial charge on any atom is -0.353 e. The van der Waals surface area contributed by atoms with Crippen LogP contribution in [0.25, 0.3) is 0 Å². The first kappa shape index (κ1) is 15.8. The van der Waals surface area contributed by atoms with Crippen LogP contribution in [0.1, 0.15) is 18.2 Å². The van der Waals surface area contributed by atoms with E-state index < -0.39 is 0 Å². The molecule has 1 aliphatic rings. The van der Waals surface area contributed by atoms with E-state index in [0.717, 1.165) is 24.8 Å². The Kier molecular flexibility index (Phi) is 6.42. The van der Waals surface area contributed by atoms with Crippen molar-refractivity contribution in [3.05, 3.63) is 22.4 Å². The Morgan fingerprint density at radius 3 is 2.83 bits per heavy atom. The molecule has 0 radical (unpaired) electrons. The fraction of sp³-hybridized carbons (Fsp3) is 0.615. The van der Waals surface area contributed by atoms with Gasteiger partial charge in [-0.3, -0.25) is 4.99 Å². The molecule has 1 N–H and O–H groups in total. The normalized spacial score (nSPS) is 22.3. The minimum absolute atomic E-state index is 0. The van der Waals surface area contributed by atoms with Gasteiger partial charge < -0.3 is 10.2 Å². The van der Waals surface area contributed by atoms with E-state index in [9.17, 15) is 0 Å². The highest BCUT2D eigenvalue weighted by Gasteiger charge is 2.33. The molecule has 18 heavy (non-hydrogen) atoms. The van der Waals surface area contributed by atoms with Crippen LogP contribution in [0.3, 0.4) is 0 Å². The largest absolute Gasteiger partial charge is 0.353 e. The van der Waals surface area contributed by atoms with Crippen LogP contribution in [-0.4, -0.2) is 37.5 Å². The number of nitrogens with zero attached hydrogens (tertiary/aromatic N) is 2. The van der Waals surface area contributed by atoms with Crippen LogP contribution < -0.4 is 5.32 Å². The van der Waals surface area contributed by atoms with Crippen molar-refractivity contribution in [2.24, 2.45) is 10.9 Å². The lowest BCUT2D eigenvalue weighted by Gasteiger charge is -2.21. The molecule has 1 aliphatic carbocycles. The Hall–Kier alpha value is -0.300. The van der Waals surface area contributed by atoms with Gasteiger partial charge in [0, 0.05) is 31.6 Å². The molecule has 0 aliphatic heterocycles. The molecule has 0 aromatic carbocycles. The fourth-order valence-corrected chi connectivity index (χ4v) is 2.57. The molecule has 1 aromatic rings. The summed E-state index contributed by atoms with van der Waals surface area (Å²) in [6, 6.07) is 4.94. The molecule has 5 heteroatoms. The van der Waals surface area contributed by atoms with Crippen LogP contribution in [0, 0.1) is 5.92 Å². The second-order valence-corrected chi connectivity index (χ2v) is 5.79. The highest BCUT2D eigenvalue weighted by atomic mass is 127. The first-order valence-electron chi connectivity index (χ1n) is 6.17. The maximum absolute atomic E-state index is 4.34. The Bertz CT molecular complexity index is 378. The van der Waals surface area contributed by atoms with Crippen molar-refractivity contribution in [3.63, 3.8) is 0 Å². The van der Waals surface area contributed by atoms with Crippen molar-refractivity contribution in [3.8, 4) is 0 Å². The van der Waals surface area contributed by atoms with Crippen molar-refractivity contribution in [2.75, 3.05) is 20.6 Å². The van der Waals surface area contributed by atoms with Gasteiger partial charge in [0.05, 0.1) is 0 Å². The van der Waals surface area contributed by atoms with E-state index in [-0.39, 0.29) is 24.0 Å². The van der Waals surface area contributed by atoms with Gasteiger partial charge in [-0.25, -0.2) is 0 Å². The topological polar surface area (TPSA) is 27.6 Å². The molecule has 0 spiro atoms. The van der Waals surface area contributed by atoms with Crippen LogP contribution in [0.15, 0.2) is 22.5 Å². The van der Waals surface area contributed by atoms with E-state index in [2.05, 4.69) is 46.7 Å². The smallest absolute Gasteiger partial charge is 0.193 e. The Balaban J connectivity index is 0.00000162. The third-order valence-corrected chi connectivity index (χ3v) is 4.21. The maximum atomic E-state index is 4.34. The standard InChI is InChI=1S/C13H21N3S.HI/c1-10-9-12(10)15-13(14-2)16(3)7-6-11-5-4-8-17-11;/h4-5,8,10,12H,6-7,9H2,1-3H3,(H,14,15);1H. The Labute approximate surface area is 131 Å². The third kappa shape index (κ3) is 4.42. The molecule has 1 aromatic heterocycles. The zero-order chi connectivity index (χ0) is 12.3. The summed E-state index contributed by atoms with van der Waals surface area (Å²) in [6.45, 7) is 3.29. The lowest BCUT2D eigenvalue weighted by atomic mass is 10.3. The number of aliphatic imine (C=N–C) groups is 1. The van der Waals surface area contributed by atoms with Crippen LogP contribution >= 0.6 is 35.3 Å². The monoisotopic (exact) mass is 379 g/mol. The summed E-state index contributed by atoms with van der Waals surface area (Å²) in [6.07, 6.45) is 2.37. The number of halogens is 1. The first-order valence-corrected chi connectivity index (χ1v) is 7.05. The molecule has 1 heterocycles. The van der Waals surface area contributed by atoms with Crippen molar-refractivity contribution in [2.45, 2.75) is 25.8 Å². The molecule has 0 amide bonds. The van der Waals surface area contributed by atoms with E-state index in [4.69, 9.17) is 0 Å². The maximum Gasteiger partial charge on any atom is 0.193 e. The molecule has 102 valence electrons. The summed E-state index contributed by atoms with van der Waals surface area (Å²) >= 11 is 1.82. The Morgan fingerprint density at radius 1 is 1.61 bits per heavy atom. The number of hydrogen-bond acceptors (Lipinski definition) is 2. The number of guanidine groups is 1. The van der Waals surface area contributed by atoms with E-state index in [0.29, 0.717) is 6.04 Å². The molecule has 1 fully saturated rings. The van der Waals surface area contributed by atoms with Crippen LogP contribution in [0.4, 0.5) is 0 Å². The average Bonchev–Trinajstić information content (AvgIpc) is 2.83. The lowest BCUT2D eigenvalue weighted by Crippen LogP contribution is -2.41. The van der Waals surface area contributed by atoms with Crippen molar-refractivity contribution in [1.29, 1.82) is 0 Å². The van der Waals surface area contributed by atoms with Crippen molar-refractivity contribution >= 4 is 41.3 Å². The van der Waals surface area contributed by atoms with Gasteiger partial charge in [0.15, 0.2) is 5.96 Å². The summed E-state index contributed by atoms with van der Waals surface area (Å²) in [5.74, 6) is 1.83. The number of hydrogen-bond donors (Lipinski definition) is 1. The molecule has 0 saturated heterocycles. The molecule has 0 bridgehead atoms. The van der Waals surface area contributed by atoms with Gasteiger partial charge in [-0.05, 0) is 30.2 Å². The van der Waals surface area contributed by atoms with Gasteiger partial charge in [0.25, 0.3) is 0 Å². The van der Waals surface area contributed by atoms with Gasteiger partial charge in [-0.1, -0.05) is 13.0 Å². The molecule has 2 rings (SSSR count). The molecular weight excluding hydrogens is 357 g/mol. The zero-order valence-corrected chi connectivity index (χ0v) is 14.4. The highest BCUT2D eigenvalue weighted by molar-refractivity contribution is 14.0. The number of rotatable bonds is 4. The summed E-state index contributed by atoms with van der Waals surface area (Å²) in [5.41, 5.74) is 0. The van der Waals surface area contributed by atoms with E-state index >= 15 is 0 Å². The lowest BCUT2D eigenvalue weighted by molar-refractivity contribution is 0.484. The van der Waals surface area contributed by atoms with Gasteiger partial charge in [0.2, 0.25) is 0 Å². The molecule has 3 nitrogen and oxygen atoms in total. The SMILES string of the molecule is CN=C(NC1CC1C)N(C)CCc1cccs1.I. The van der Waals surface area contributed by atoms with Gasteiger partial charge in [-0.15, -0.1) is 35.3 Å². The molecule has 1 saturated carbocycles. The summed E-state index contributed by atoms with van der Waals surface area (Å²) in [5, 5.41) is 5.63. The quantitative estimate of drug-likeness (QED) is 0.495. The van der Waals surface area contributed by atoms with E-state index in [1.807, 2.05) is 18.4 Å². The van der Waals surface area contributed by atoms with E-state index in [1.165, 1.54) is 11.3 Å². The zero-order valence-electron chi connectivity index (χ0n) is 11.2. The molecular formula is C13H22IN3S. The van der Waals surface area contributed by atoms with Crippen LogP contribution in [-0.2, 0) is 6.42 Å². The van der Waals surface area contributed by atoms with Crippen LogP contribution in [0.2, 0.25) is 0 Å². The third-order valence-electron chi connectivity index (χ3n) is 3.27. The van der Waals surface area contributed by atoms with Gasteiger partial charge >= 0.3 is 0 Å². The van der Waals surface area contributed by atoms with Crippen molar-refractivity contribution < 1.29 is 0 Å².